The fourth-order valence-corrected chi connectivity index (χ4v) is 1.93. The Hall–Kier alpha value is -0.610. The Labute approximate surface area is 85.3 Å². The first-order valence-electron chi connectivity index (χ1n) is 5.33. The molecule has 1 amide bonds. The number of nitrogens with one attached hydrogen (secondary N) is 1. The molecular formula is C10H20N2O2. The second-order valence-electron chi connectivity index (χ2n) is 3.79. The molecule has 1 rings (SSSR count). The van der Waals surface area contributed by atoms with Crippen LogP contribution in [0.2, 0.25) is 0 Å². The number of likely N-dealkylation sites (tertiary alicyclic amines) is 1. The molecule has 0 radical (unpaired) electrons. The summed E-state index contributed by atoms with van der Waals surface area (Å²) in [5.74, 6) is 0.0762. The molecule has 1 aliphatic rings. The number of piperidine rings is 1. The molecule has 1 heterocycles. The summed E-state index contributed by atoms with van der Waals surface area (Å²) in [6.07, 6.45) is 3.98. The SMILES string of the molecule is CNC(=O)CCN1CCCCC1CO. The quantitative estimate of drug-likeness (QED) is 0.670. The van der Waals surface area contributed by atoms with Crippen molar-refractivity contribution in [1.82, 2.24) is 10.2 Å². The van der Waals surface area contributed by atoms with E-state index in [1.165, 1.54) is 12.8 Å². The van der Waals surface area contributed by atoms with E-state index in [0.717, 1.165) is 19.5 Å². The highest BCUT2D eigenvalue weighted by molar-refractivity contribution is 5.75. The number of rotatable bonds is 4. The number of hydrogen-bond donors (Lipinski definition) is 2. The van der Waals surface area contributed by atoms with Crippen molar-refractivity contribution in [3.8, 4) is 0 Å². The lowest BCUT2D eigenvalue weighted by Crippen LogP contribution is -2.43. The third-order valence-electron chi connectivity index (χ3n) is 2.86. The number of aliphatic hydroxyl groups excluding tert-OH is 1. The molecule has 1 saturated heterocycles. The highest BCUT2D eigenvalue weighted by Crippen LogP contribution is 2.16. The van der Waals surface area contributed by atoms with Crippen molar-refractivity contribution in [2.75, 3.05) is 26.7 Å². The molecule has 0 aromatic rings. The standard InChI is InChI=1S/C10H20N2O2/c1-11-10(14)5-7-12-6-3-2-4-9(12)8-13/h9,13H,2-8H2,1H3,(H,11,14). The lowest BCUT2D eigenvalue weighted by molar-refractivity contribution is -0.121. The van der Waals surface area contributed by atoms with E-state index < -0.39 is 0 Å². The molecule has 4 heteroatoms. The van der Waals surface area contributed by atoms with Crippen molar-refractivity contribution < 1.29 is 9.90 Å². The van der Waals surface area contributed by atoms with Crippen LogP contribution in [0.25, 0.3) is 0 Å². The minimum atomic E-state index is 0.0762. The zero-order valence-corrected chi connectivity index (χ0v) is 8.83. The van der Waals surface area contributed by atoms with Gasteiger partial charge in [0.05, 0.1) is 6.61 Å². The maximum absolute atomic E-state index is 11.0. The van der Waals surface area contributed by atoms with Crippen molar-refractivity contribution in [1.29, 1.82) is 0 Å². The van der Waals surface area contributed by atoms with Gasteiger partial charge in [-0.2, -0.15) is 0 Å². The minimum Gasteiger partial charge on any atom is -0.395 e. The molecule has 0 bridgehead atoms. The fourth-order valence-electron chi connectivity index (χ4n) is 1.93. The van der Waals surface area contributed by atoms with Crippen LogP contribution in [0.5, 0.6) is 0 Å². The first kappa shape index (κ1) is 11.5. The minimum absolute atomic E-state index is 0.0762. The zero-order chi connectivity index (χ0) is 10.4. The predicted molar refractivity (Wildman–Crippen MR) is 55.0 cm³/mol. The number of carbonyl (C=O) groups excluding carboxylic acids is 1. The summed E-state index contributed by atoms with van der Waals surface area (Å²) < 4.78 is 0. The Morgan fingerprint density at radius 3 is 3.00 bits per heavy atom. The maximum Gasteiger partial charge on any atom is 0.221 e. The van der Waals surface area contributed by atoms with Crippen LogP contribution in [-0.2, 0) is 4.79 Å². The third-order valence-corrected chi connectivity index (χ3v) is 2.86. The fraction of sp³-hybridized carbons (Fsp3) is 0.900. The average molecular weight is 200 g/mol. The smallest absolute Gasteiger partial charge is 0.221 e. The van der Waals surface area contributed by atoms with E-state index in [4.69, 9.17) is 5.11 Å². The van der Waals surface area contributed by atoms with E-state index in [-0.39, 0.29) is 18.6 Å². The molecule has 0 aromatic heterocycles. The highest BCUT2D eigenvalue weighted by atomic mass is 16.3. The largest absolute Gasteiger partial charge is 0.395 e. The molecule has 14 heavy (non-hydrogen) atoms. The second kappa shape index (κ2) is 5.98. The Balaban J connectivity index is 2.29. The summed E-state index contributed by atoms with van der Waals surface area (Å²) in [5, 5.41) is 11.8. The van der Waals surface area contributed by atoms with Crippen LogP contribution < -0.4 is 5.32 Å². The number of carbonyl (C=O) groups is 1. The molecule has 0 aliphatic carbocycles. The van der Waals surface area contributed by atoms with Crippen molar-refractivity contribution in [2.24, 2.45) is 0 Å². The van der Waals surface area contributed by atoms with Gasteiger partial charge in [-0.1, -0.05) is 6.42 Å². The first-order chi connectivity index (χ1) is 6.77. The van der Waals surface area contributed by atoms with Gasteiger partial charge in [0.25, 0.3) is 0 Å². The summed E-state index contributed by atoms with van der Waals surface area (Å²) in [6.45, 7) is 2.00. The van der Waals surface area contributed by atoms with E-state index in [1.54, 1.807) is 7.05 Å². The molecule has 1 atom stereocenters. The van der Waals surface area contributed by atoms with Crippen LogP contribution in [0, 0.1) is 0 Å². The Morgan fingerprint density at radius 2 is 2.36 bits per heavy atom. The molecular weight excluding hydrogens is 180 g/mol. The number of nitrogens with zero attached hydrogens (tertiary/aromatic N) is 1. The van der Waals surface area contributed by atoms with Crippen molar-refractivity contribution >= 4 is 5.91 Å². The van der Waals surface area contributed by atoms with E-state index >= 15 is 0 Å². The van der Waals surface area contributed by atoms with Crippen molar-refractivity contribution in [2.45, 2.75) is 31.7 Å². The third kappa shape index (κ3) is 3.27. The Bertz CT molecular complexity index is 185. The number of hydrogen-bond acceptors (Lipinski definition) is 3. The van der Waals surface area contributed by atoms with Crippen LogP contribution in [-0.4, -0.2) is 48.7 Å². The molecule has 4 nitrogen and oxygen atoms in total. The van der Waals surface area contributed by atoms with Crippen LogP contribution >= 0.6 is 0 Å². The molecule has 1 fully saturated rings. The molecule has 0 aromatic carbocycles. The van der Waals surface area contributed by atoms with Crippen LogP contribution in [0.1, 0.15) is 25.7 Å². The molecule has 0 saturated carbocycles. The summed E-state index contributed by atoms with van der Waals surface area (Å²) in [5.41, 5.74) is 0. The molecule has 1 aliphatic heterocycles. The Morgan fingerprint density at radius 1 is 1.57 bits per heavy atom. The highest BCUT2D eigenvalue weighted by Gasteiger charge is 2.21. The molecule has 82 valence electrons. The van der Waals surface area contributed by atoms with Gasteiger partial charge >= 0.3 is 0 Å². The van der Waals surface area contributed by atoms with E-state index in [9.17, 15) is 4.79 Å². The molecule has 0 spiro atoms. The number of aliphatic hydroxyl groups is 1. The van der Waals surface area contributed by atoms with E-state index in [0.29, 0.717) is 6.42 Å². The van der Waals surface area contributed by atoms with E-state index in [1.807, 2.05) is 0 Å². The maximum atomic E-state index is 11.0. The van der Waals surface area contributed by atoms with Gasteiger partial charge in [-0.05, 0) is 19.4 Å². The van der Waals surface area contributed by atoms with Gasteiger partial charge in [-0.25, -0.2) is 0 Å². The summed E-state index contributed by atoms with van der Waals surface area (Å²) in [7, 11) is 1.65. The van der Waals surface area contributed by atoms with Gasteiger partial charge in [0, 0.05) is 26.1 Å². The number of amides is 1. The van der Waals surface area contributed by atoms with Crippen molar-refractivity contribution in [3.63, 3.8) is 0 Å². The normalized spacial score (nSPS) is 23.4. The summed E-state index contributed by atoms with van der Waals surface area (Å²) >= 11 is 0. The molecule has 1 unspecified atom stereocenters. The molecule has 2 N–H and O–H groups in total. The summed E-state index contributed by atoms with van der Waals surface area (Å²) in [4.78, 5) is 13.3. The van der Waals surface area contributed by atoms with Crippen LogP contribution in [0.4, 0.5) is 0 Å². The van der Waals surface area contributed by atoms with Gasteiger partial charge in [-0.3, -0.25) is 9.69 Å². The predicted octanol–water partition coefficient (Wildman–Crippen LogP) is -0.0307. The van der Waals surface area contributed by atoms with Gasteiger partial charge in [-0.15, -0.1) is 0 Å². The Kier molecular flexibility index (Phi) is 4.90. The second-order valence-corrected chi connectivity index (χ2v) is 3.79. The van der Waals surface area contributed by atoms with Crippen LogP contribution in [0.3, 0.4) is 0 Å². The summed E-state index contributed by atoms with van der Waals surface area (Å²) in [6, 6.07) is 0.272. The van der Waals surface area contributed by atoms with E-state index in [2.05, 4.69) is 10.2 Å². The van der Waals surface area contributed by atoms with Gasteiger partial charge in [0.1, 0.15) is 0 Å². The zero-order valence-electron chi connectivity index (χ0n) is 8.83. The average Bonchev–Trinajstić information content (AvgIpc) is 2.26. The van der Waals surface area contributed by atoms with Gasteiger partial charge in [0.2, 0.25) is 5.91 Å². The first-order valence-corrected chi connectivity index (χ1v) is 5.33. The topological polar surface area (TPSA) is 52.6 Å². The lowest BCUT2D eigenvalue weighted by atomic mass is 10.0. The monoisotopic (exact) mass is 200 g/mol. The lowest BCUT2D eigenvalue weighted by Gasteiger charge is -2.34. The van der Waals surface area contributed by atoms with Gasteiger partial charge < -0.3 is 10.4 Å². The van der Waals surface area contributed by atoms with Gasteiger partial charge in [0.15, 0.2) is 0 Å². The van der Waals surface area contributed by atoms with Crippen LogP contribution in [0.15, 0.2) is 0 Å². The van der Waals surface area contributed by atoms with Crippen molar-refractivity contribution in [3.05, 3.63) is 0 Å².